The largest absolute Gasteiger partial charge is 0.453 e. The number of nitrogens with two attached hydrogens (primary N) is 1. The second kappa shape index (κ2) is 4.96. The van der Waals surface area contributed by atoms with E-state index in [0.29, 0.717) is 21.9 Å². The van der Waals surface area contributed by atoms with Gasteiger partial charge in [0, 0.05) is 26.1 Å². The maximum atomic E-state index is 12.4. The molecular formula is C15H9BrClNO2. The van der Waals surface area contributed by atoms with Gasteiger partial charge in [0.25, 0.3) is 0 Å². The van der Waals surface area contributed by atoms with Crippen molar-refractivity contribution in [1.29, 1.82) is 0 Å². The number of hydrogen-bond acceptors (Lipinski definition) is 3. The predicted molar refractivity (Wildman–Crippen MR) is 83.2 cm³/mol. The van der Waals surface area contributed by atoms with Crippen molar-refractivity contribution in [3.63, 3.8) is 0 Å². The molecule has 100 valence electrons. The molecule has 0 aliphatic carbocycles. The zero-order valence-corrected chi connectivity index (χ0v) is 12.5. The maximum Gasteiger partial charge on any atom is 0.230 e. The average molecular weight is 351 g/mol. The first-order valence-electron chi connectivity index (χ1n) is 5.83. The molecular weight excluding hydrogens is 342 g/mol. The van der Waals surface area contributed by atoms with Gasteiger partial charge in [-0.1, -0.05) is 27.5 Å². The van der Waals surface area contributed by atoms with Crippen LogP contribution in [-0.4, -0.2) is 5.78 Å². The summed E-state index contributed by atoms with van der Waals surface area (Å²) < 4.78 is 6.37. The molecule has 3 rings (SSSR count). The molecule has 20 heavy (non-hydrogen) atoms. The van der Waals surface area contributed by atoms with E-state index in [1.54, 1.807) is 42.5 Å². The molecule has 0 bridgehead atoms. The summed E-state index contributed by atoms with van der Waals surface area (Å²) in [7, 11) is 0. The summed E-state index contributed by atoms with van der Waals surface area (Å²) in [6.07, 6.45) is 0. The molecule has 0 aliphatic rings. The van der Waals surface area contributed by atoms with Crippen molar-refractivity contribution < 1.29 is 9.21 Å². The van der Waals surface area contributed by atoms with E-state index in [9.17, 15) is 4.79 Å². The summed E-state index contributed by atoms with van der Waals surface area (Å²) >= 11 is 9.22. The normalized spacial score (nSPS) is 10.9. The van der Waals surface area contributed by atoms with E-state index in [1.165, 1.54) is 0 Å². The Kier molecular flexibility index (Phi) is 3.28. The van der Waals surface area contributed by atoms with Crippen molar-refractivity contribution in [3.8, 4) is 0 Å². The van der Waals surface area contributed by atoms with Crippen molar-refractivity contribution in [2.75, 3.05) is 5.73 Å². The summed E-state index contributed by atoms with van der Waals surface area (Å²) in [6.45, 7) is 0. The number of benzene rings is 2. The highest BCUT2D eigenvalue weighted by Crippen LogP contribution is 2.27. The van der Waals surface area contributed by atoms with Gasteiger partial charge in [-0.25, -0.2) is 0 Å². The molecule has 1 aromatic heterocycles. The van der Waals surface area contributed by atoms with Gasteiger partial charge in [-0.2, -0.15) is 0 Å². The minimum Gasteiger partial charge on any atom is -0.453 e. The van der Waals surface area contributed by atoms with Crippen LogP contribution in [0.5, 0.6) is 0 Å². The Balaban J connectivity index is 2.08. The van der Waals surface area contributed by atoms with E-state index in [-0.39, 0.29) is 11.5 Å². The van der Waals surface area contributed by atoms with E-state index in [1.807, 2.05) is 0 Å². The molecule has 0 saturated heterocycles. The van der Waals surface area contributed by atoms with Crippen molar-refractivity contribution in [3.05, 3.63) is 63.3 Å². The number of rotatable bonds is 2. The van der Waals surface area contributed by atoms with Gasteiger partial charge in [0.1, 0.15) is 5.58 Å². The number of carbonyl (C=O) groups excluding carboxylic acids is 1. The molecule has 0 saturated carbocycles. The van der Waals surface area contributed by atoms with Crippen molar-refractivity contribution in [2.24, 2.45) is 0 Å². The predicted octanol–water partition coefficient (Wildman–Crippen LogP) is 4.66. The van der Waals surface area contributed by atoms with Crippen LogP contribution in [0.25, 0.3) is 11.0 Å². The molecule has 0 fully saturated rings. The minimum atomic E-state index is -0.248. The van der Waals surface area contributed by atoms with Gasteiger partial charge in [0.15, 0.2) is 5.76 Å². The summed E-state index contributed by atoms with van der Waals surface area (Å²) in [5, 5.41) is 1.39. The molecule has 0 unspecified atom stereocenters. The van der Waals surface area contributed by atoms with Gasteiger partial charge >= 0.3 is 0 Å². The van der Waals surface area contributed by atoms with Crippen molar-refractivity contribution in [2.45, 2.75) is 0 Å². The maximum absolute atomic E-state index is 12.4. The lowest BCUT2D eigenvalue weighted by molar-refractivity contribution is 0.101. The van der Waals surface area contributed by atoms with Gasteiger partial charge < -0.3 is 10.2 Å². The Morgan fingerprint density at radius 2 is 1.95 bits per heavy atom. The van der Waals surface area contributed by atoms with E-state index in [0.717, 1.165) is 9.86 Å². The Hall–Kier alpha value is -1.78. The van der Waals surface area contributed by atoms with Crippen LogP contribution in [0.15, 0.2) is 51.4 Å². The molecule has 2 aromatic carbocycles. The van der Waals surface area contributed by atoms with E-state index in [4.69, 9.17) is 21.8 Å². The lowest BCUT2D eigenvalue weighted by atomic mass is 10.1. The van der Waals surface area contributed by atoms with Crippen LogP contribution in [0.3, 0.4) is 0 Å². The Morgan fingerprint density at radius 1 is 1.15 bits per heavy atom. The van der Waals surface area contributed by atoms with Gasteiger partial charge in [-0.15, -0.1) is 0 Å². The highest BCUT2D eigenvalue weighted by molar-refractivity contribution is 9.10. The third-order valence-electron chi connectivity index (χ3n) is 2.96. The number of nitrogen functional groups attached to an aromatic ring is 1. The number of anilines is 1. The lowest BCUT2D eigenvalue weighted by Gasteiger charge is -2.02. The standard InChI is InChI=1S/C15H9BrClNO2/c16-9-1-3-11(12(18)7-9)15(19)14-6-8-5-10(17)2-4-13(8)20-14/h1-7H,18H2. The SMILES string of the molecule is Nc1cc(Br)ccc1C(=O)c1cc2cc(Cl)ccc2o1. The molecule has 2 N–H and O–H groups in total. The zero-order chi connectivity index (χ0) is 14.3. The van der Waals surface area contributed by atoms with Crippen molar-refractivity contribution in [1.82, 2.24) is 0 Å². The molecule has 3 nitrogen and oxygen atoms in total. The third-order valence-corrected chi connectivity index (χ3v) is 3.69. The van der Waals surface area contributed by atoms with Crippen LogP contribution in [0.1, 0.15) is 16.1 Å². The lowest BCUT2D eigenvalue weighted by Crippen LogP contribution is -2.04. The summed E-state index contributed by atoms with van der Waals surface area (Å²) in [5.74, 6) is -0.00129. The molecule has 0 radical (unpaired) electrons. The monoisotopic (exact) mass is 349 g/mol. The number of furan rings is 1. The van der Waals surface area contributed by atoms with E-state index < -0.39 is 0 Å². The Bertz CT molecular complexity index is 826. The Labute approximate surface area is 128 Å². The fraction of sp³-hybridized carbons (Fsp3) is 0. The second-order valence-electron chi connectivity index (χ2n) is 4.35. The highest BCUT2D eigenvalue weighted by Gasteiger charge is 2.17. The fourth-order valence-corrected chi connectivity index (χ4v) is 2.56. The fourth-order valence-electron chi connectivity index (χ4n) is 2.00. The zero-order valence-electron chi connectivity index (χ0n) is 10.2. The van der Waals surface area contributed by atoms with E-state index >= 15 is 0 Å². The van der Waals surface area contributed by atoms with Gasteiger partial charge in [0.2, 0.25) is 5.78 Å². The number of hydrogen-bond donors (Lipinski definition) is 1. The molecule has 0 spiro atoms. The highest BCUT2D eigenvalue weighted by atomic mass is 79.9. The average Bonchev–Trinajstić information content (AvgIpc) is 2.81. The van der Waals surface area contributed by atoms with Crippen LogP contribution in [0.4, 0.5) is 5.69 Å². The van der Waals surface area contributed by atoms with Gasteiger partial charge in [0.05, 0.1) is 0 Å². The molecule has 0 atom stereocenters. The minimum absolute atomic E-state index is 0.247. The van der Waals surface area contributed by atoms with Crippen LogP contribution in [-0.2, 0) is 0 Å². The first kappa shape index (κ1) is 13.2. The number of ketones is 1. The first-order valence-corrected chi connectivity index (χ1v) is 7.00. The van der Waals surface area contributed by atoms with Crippen LogP contribution in [0.2, 0.25) is 5.02 Å². The Morgan fingerprint density at radius 3 is 2.70 bits per heavy atom. The summed E-state index contributed by atoms with van der Waals surface area (Å²) in [4.78, 5) is 12.4. The number of fused-ring (bicyclic) bond motifs is 1. The quantitative estimate of drug-likeness (QED) is 0.540. The molecule has 1 heterocycles. The van der Waals surface area contributed by atoms with Gasteiger partial charge in [-0.05, 0) is 42.5 Å². The first-order chi connectivity index (χ1) is 9.54. The molecule has 0 aliphatic heterocycles. The van der Waals surface area contributed by atoms with Gasteiger partial charge in [-0.3, -0.25) is 4.79 Å². The number of carbonyl (C=O) groups is 1. The van der Waals surface area contributed by atoms with Crippen LogP contribution in [0, 0.1) is 0 Å². The number of halogens is 2. The topological polar surface area (TPSA) is 56.2 Å². The van der Waals surface area contributed by atoms with E-state index in [2.05, 4.69) is 15.9 Å². The molecule has 5 heteroatoms. The third kappa shape index (κ3) is 2.32. The summed E-state index contributed by atoms with van der Waals surface area (Å²) in [5.41, 5.74) is 7.30. The van der Waals surface area contributed by atoms with Crippen LogP contribution < -0.4 is 5.73 Å². The molecule has 3 aromatic rings. The summed E-state index contributed by atoms with van der Waals surface area (Å²) in [6, 6.07) is 12.0. The van der Waals surface area contributed by atoms with Crippen molar-refractivity contribution >= 4 is 50.0 Å². The van der Waals surface area contributed by atoms with Crippen LogP contribution >= 0.6 is 27.5 Å². The molecule has 0 amide bonds. The second-order valence-corrected chi connectivity index (χ2v) is 5.71. The smallest absolute Gasteiger partial charge is 0.230 e.